The Kier molecular flexibility index (Phi) is 6.82. The summed E-state index contributed by atoms with van der Waals surface area (Å²) in [4.78, 5) is 24.0. The Hall–Kier alpha value is -3.02. The van der Waals surface area contributed by atoms with E-state index in [-0.39, 0.29) is 30.4 Å². The molecule has 0 aliphatic rings. The minimum Gasteiger partial charge on any atom is -0.495 e. The zero-order valence-electron chi connectivity index (χ0n) is 16.2. The van der Waals surface area contributed by atoms with Crippen LogP contribution in [-0.2, 0) is 15.0 Å². The maximum Gasteiger partial charge on any atom is 0.258 e. The Morgan fingerprint density at radius 1 is 1.00 bits per heavy atom. The Morgan fingerprint density at radius 3 is 2.33 bits per heavy atom. The van der Waals surface area contributed by atoms with E-state index in [4.69, 9.17) is 9.47 Å². The lowest BCUT2D eigenvalue weighted by Gasteiger charge is -2.21. The number of para-hydroxylation sites is 1. The summed E-state index contributed by atoms with van der Waals surface area (Å²) in [5.74, 6) is 0.452. The van der Waals surface area contributed by atoms with Gasteiger partial charge in [-0.15, -0.1) is 0 Å². The van der Waals surface area contributed by atoms with Crippen LogP contribution in [0, 0.1) is 0 Å². The van der Waals surface area contributed by atoms with E-state index in [1.807, 2.05) is 36.4 Å². The van der Waals surface area contributed by atoms with Crippen molar-refractivity contribution in [3.8, 4) is 11.5 Å². The molecule has 0 fully saturated rings. The summed E-state index contributed by atoms with van der Waals surface area (Å²) in [6.45, 7) is 5.97. The molecule has 0 unspecified atom stereocenters. The Morgan fingerprint density at radius 2 is 1.70 bits per heavy atom. The normalized spacial score (nSPS) is 10.8. The summed E-state index contributed by atoms with van der Waals surface area (Å²) in [5.41, 5.74) is 1.58. The lowest BCUT2D eigenvalue weighted by atomic mass is 9.87. The molecule has 0 aliphatic heterocycles. The summed E-state index contributed by atoms with van der Waals surface area (Å²) < 4.78 is 10.6. The van der Waals surface area contributed by atoms with Gasteiger partial charge in [-0.3, -0.25) is 9.59 Å². The smallest absolute Gasteiger partial charge is 0.258 e. The van der Waals surface area contributed by atoms with Crippen LogP contribution in [-0.4, -0.2) is 32.1 Å². The summed E-state index contributed by atoms with van der Waals surface area (Å²) in [7, 11) is 1.55. The van der Waals surface area contributed by atoms with Gasteiger partial charge < -0.3 is 20.1 Å². The van der Waals surface area contributed by atoms with E-state index < -0.39 is 0 Å². The van der Waals surface area contributed by atoms with Crippen molar-refractivity contribution in [1.29, 1.82) is 0 Å². The molecule has 0 heterocycles. The van der Waals surface area contributed by atoms with Crippen LogP contribution in [0.15, 0.2) is 48.5 Å². The topological polar surface area (TPSA) is 76.7 Å². The first kappa shape index (κ1) is 20.3. The number of nitrogens with one attached hydrogen (secondary N) is 2. The number of methoxy groups -OCH3 is 1. The second kappa shape index (κ2) is 9.07. The van der Waals surface area contributed by atoms with Gasteiger partial charge in [-0.05, 0) is 35.2 Å². The standard InChI is InChI=1S/C21H26N2O4/c1-21(2,3)15-10-11-18(26-4)17(12-15)23-19(24)13-22-20(25)14-27-16-8-6-5-7-9-16/h5-12H,13-14H2,1-4H3,(H,22,25)(H,23,24). The van der Waals surface area contributed by atoms with Gasteiger partial charge in [0.25, 0.3) is 5.91 Å². The Bertz CT molecular complexity index is 783. The molecule has 0 bridgehead atoms. The molecule has 0 spiro atoms. The minimum absolute atomic E-state index is 0.0608. The third-order valence-corrected chi connectivity index (χ3v) is 3.90. The number of ether oxygens (including phenoxy) is 2. The quantitative estimate of drug-likeness (QED) is 0.785. The average molecular weight is 370 g/mol. The van der Waals surface area contributed by atoms with Crippen molar-refractivity contribution >= 4 is 17.5 Å². The van der Waals surface area contributed by atoms with Crippen molar-refractivity contribution in [3.05, 3.63) is 54.1 Å². The second-order valence-electron chi connectivity index (χ2n) is 7.09. The fourth-order valence-corrected chi connectivity index (χ4v) is 2.36. The van der Waals surface area contributed by atoms with Gasteiger partial charge >= 0.3 is 0 Å². The van der Waals surface area contributed by atoms with Crippen LogP contribution < -0.4 is 20.1 Å². The molecular formula is C21H26N2O4. The summed E-state index contributed by atoms with van der Waals surface area (Å²) >= 11 is 0. The molecule has 0 radical (unpaired) electrons. The number of anilines is 1. The highest BCUT2D eigenvalue weighted by Crippen LogP contribution is 2.31. The van der Waals surface area contributed by atoms with E-state index in [2.05, 4.69) is 31.4 Å². The van der Waals surface area contributed by atoms with Crippen molar-refractivity contribution in [1.82, 2.24) is 5.32 Å². The van der Waals surface area contributed by atoms with Crippen molar-refractivity contribution in [2.75, 3.05) is 25.6 Å². The van der Waals surface area contributed by atoms with Crippen molar-refractivity contribution in [3.63, 3.8) is 0 Å². The molecule has 0 saturated heterocycles. The molecule has 2 amide bonds. The highest BCUT2D eigenvalue weighted by molar-refractivity contribution is 5.96. The minimum atomic E-state index is -0.371. The number of hydrogen-bond acceptors (Lipinski definition) is 4. The number of carbonyl (C=O) groups excluding carboxylic acids is 2. The van der Waals surface area contributed by atoms with Crippen LogP contribution in [0.25, 0.3) is 0 Å². The lowest BCUT2D eigenvalue weighted by molar-refractivity contribution is -0.125. The Labute approximate surface area is 159 Å². The molecule has 2 rings (SSSR count). The van der Waals surface area contributed by atoms with Crippen LogP contribution >= 0.6 is 0 Å². The lowest BCUT2D eigenvalue weighted by Crippen LogP contribution is -2.35. The van der Waals surface area contributed by atoms with Crippen molar-refractivity contribution in [2.45, 2.75) is 26.2 Å². The molecule has 27 heavy (non-hydrogen) atoms. The third kappa shape index (κ3) is 6.33. The van der Waals surface area contributed by atoms with Gasteiger partial charge in [-0.1, -0.05) is 45.0 Å². The van der Waals surface area contributed by atoms with Gasteiger partial charge in [0.15, 0.2) is 6.61 Å². The van der Waals surface area contributed by atoms with Gasteiger partial charge in [0, 0.05) is 0 Å². The first-order valence-electron chi connectivity index (χ1n) is 8.72. The number of benzene rings is 2. The van der Waals surface area contributed by atoms with Gasteiger partial charge in [-0.25, -0.2) is 0 Å². The fraction of sp³-hybridized carbons (Fsp3) is 0.333. The van der Waals surface area contributed by atoms with Gasteiger partial charge in [-0.2, -0.15) is 0 Å². The van der Waals surface area contributed by atoms with Crippen LogP contribution in [0.4, 0.5) is 5.69 Å². The molecule has 2 N–H and O–H groups in total. The molecule has 2 aromatic carbocycles. The maximum absolute atomic E-state index is 12.2. The average Bonchev–Trinajstić information content (AvgIpc) is 2.64. The summed E-state index contributed by atoms with van der Waals surface area (Å²) in [6, 6.07) is 14.7. The predicted octanol–water partition coefficient (Wildman–Crippen LogP) is 3.13. The molecule has 0 atom stereocenters. The number of carbonyl (C=O) groups is 2. The molecule has 6 nitrogen and oxygen atoms in total. The van der Waals surface area contributed by atoms with Crippen LogP contribution in [0.2, 0.25) is 0 Å². The molecule has 2 aromatic rings. The van der Waals surface area contributed by atoms with Gasteiger partial charge in [0.05, 0.1) is 19.3 Å². The molecule has 0 aliphatic carbocycles. The maximum atomic E-state index is 12.2. The van der Waals surface area contributed by atoms with E-state index in [9.17, 15) is 9.59 Å². The molecule has 6 heteroatoms. The zero-order chi connectivity index (χ0) is 19.9. The van der Waals surface area contributed by atoms with Gasteiger partial charge in [0.1, 0.15) is 11.5 Å². The second-order valence-corrected chi connectivity index (χ2v) is 7.09. The highest BCUT2D eigenvalue weighted by Gasteiger charge is 2.17. The van der Waals surface area contributed by atoms with E-state index in [0.29, 0.717) is 17.2 Å². The van der Waals surface area contributed by atoms with E-state index >= 15 is 0 Å². The fourth-order valence-electron chi connectivity index (χ4n) is 2.36. The number of amides is 2. The van der Waals surface area contributed by atoms with Gasteiger partial charge in [0.2, 0.25) is 5.91 Å². The summed E-state index contributed by atoms with van der Waals surface area (Å²) in [6.07, 6.45) is 0. The highest BCUT2D eigenvalue weighted by atomic mass is 16.5. The van der Waals surface area contributed by atoms with Crippen LogP contribution in [0.5, 0.6) is 11.5 Å². The number of rotatable bonds is 7. The largest absolute Gasteiger partial charge is 0.495 e. The molecule has 0 aromatic heterocycles. The zero-order valence-corrected chi connectivity index (χ0v) is 16.2. The monoisotopic (exact) mass is 370 g/mol. The first-order valence-corrected chi connectivity index (χ1v) is 8.72. The van der Waals surface area contributed by atoms with Crippen LogP contribution in [0.1, 0.15) is 26.3 Å². The van der Waals surface area contributed by atoms with Crippen molar-refractivity contribution < 1.29 is 19.1 Å². The van der Waals surface area contributed by atoms with E-state index in [1.165, 1.54) is 0 Å². The van der Waals surface area contributed by atoms with E-state index in [0.717, 1.165) is 5.56 Å². The molecule has 144 valence electrons. The van der Waals surface area contributed by atoms with E-state index in [1.54, 1.807) is 19.2 Å². The van der Waals surface area contributed by atoms with Crippen molar-refractivity contribution in [2.24, 2.45) is 0 Å². The predicted molar refractivity (Wildman–Crippen MR) is 105 cm³/mol. The first-order chi connectivity index (χ1) is 12.8. The molecular weight excluding hydrogens is 344 g/mol. The van der Waals surface area contributed by atoms with Crippen LogP contribution in [0.3, 0.4) is 0 Å². The SMILES string of the molecule is COc1ccc(C(C)(C)C)cc1NC(=O)CNC(=O)COc1ccccc1. The third-order valence-electron chi connectivity index (χ3n) is 3.90. The molecule has 0 saturated carbocycles. The Balaban J connectivity index is 1.88. The number of hydrogen-bond donors (Lipinski definition) is 2. The summed E-state index contributed by atoms with van der Waals surface area (Å²) in [5, 5.41) is 5.32.